The maximum absolute atomic E-state index is 13.8. The third-order valence-corrected chi connectivity index (χ3v) is 6.82. The summed E-state index contributed by atoms with van der Waals surface area (Å²) in [4.78, 5) is 28.5. The summed E-state index contributed by atoms with van der Waals surface area (Å²) in [7, 11) is -1.000. The van der Waals surface area contributed by atoms with Crippen LogP contribution in [0.5, 0.6) is 11.5 Å². The third kappa shape index (κ3) is 8.53. The number of hydrogen-bond acceptors (Lipinski definition) is 6. The summed E-state index contributed by atoms with van der Waals surface area (Å²) in [5.74, 6) is -0.0679. The van der Waals surface area contributed by atoms with E-state index in [4.69, 9.17) is 21.1 Å². The van der Waals surface area contributed by atoms with Gasteiger partial charge in [-0.3, -0.25) is 13.9 Å². The molecule has 1 N–H and O–H groups in total. The van der Waals surface area contributed by atoms with Gasteiger partial charge in [-0.05, 0) is 63.1 Å². The van der Waals surface area contributed by atoms with Crippen molar-refractivity contribution < 1.29 is 27.5 Å². The molecule has 0 saturated heterocycles. The molecule has 11 heteroatoms. The van der Waals surface area contributed by atoms with E-state index in [1.807, 2.05) is 26.8 Å². The normalized spacial score (nSPS) is 12.4. The lowest BCUT2D eigenvalue weighted by Crippen LogP contribution is -2.55. The highest BCUT2D eigenvalue weighted by molar-refractivity contribution is 7.92. The van der Waals surface area contributed by atoms with Crippen molar-refractivity contribution in [3.63, 3.8) is 0 Å². The van der Waals surface area contributed by atoms with Gasteiger partial charge in [0.25, 0.3) is 0 Å². The summed E-state index contributed by atoms with van der Waals surface area (Å²) in [5.41, 5.74) is 0.322. The highest BCUT2D eigenvalue weighted by Crippen LogP contribution is 2.33. The SMILES string of the molecule is CC[C@@H](C(=O)NC(C)(C)C)N(Cc1cccc(OC)c1)C(=O)CN(c1cc(Cl)ccc1OC)S(C)(=O)=O. The molecule has 0 radical (unpaired) electrons. The number of nitrogens with one attached hydrogen (secondary N) is 1. The Balaban J connectivity index is 2.55. The summed E-state index contributed by atoms with van der Waals surface area (Å²) >= 11 is 6.14. The smallest absolute Gasteiger partial charge is 0.244 e. The number of sulfonamides is 1. The van der Waals surface area contributed by atoms with E-state index in [-0.39, 0.29) is 28.9 Å². The average Bonchev–Trinajstić information content (AvgIpc) is 2.80. The Bertz CT molecular complexity index is 1210. The van der Waals surface area contributed by atoms with Crippen molar-refractivity contribution in [3.8, 4) is 11.5 Å². The lowest BCUT2D eigenvalue weighted by atomic mass is 10.1. The van der Waals surface area contributed by atoms with Crippen LogP contribution in [-0.2, 0) is 26.2 Å². The zero-order valence-electron chi connectivity index (χ0n) is 22.4. The predicted molar refractivity (Wildman–Crippen MR) is 146 cm³/mol. The first-order valence-electron chi connectivity index (χ1n) is 11.8. The molecule has 0 aliphatic heterocycles. The van der Waals surface area contributed by atoms with Crippen LogP contribution in [0.2, 0.25) is 5.02 Å². The largest absolute Gasteiger partial charge is 0.497 e. The van der Waals surface area contributed by atoms with Gasteiger partial charge < -0.3 is 19.7 Å². The molecule has 2 amide bonds. The molecular formula is C26H36ClN3O6S. The molecule has 37 heavy (non-hydrogen) atoms. The predicted octanol–water partition coefficient (Wildman–Crippen LogP) is 3.85. The summed E-state index contributed by atoms with van der Waals surface area (Å²) in [5, 5.41) is 3.21. The molecular weight excluding hydrogens is 518 g/mol. The van der Waals surface area contributed by atoms with Crippen LogP contribution in [0.3, 0.4) is 0 Å². The van der Waals surface area contributed by atoms with E-state index in [1.54, 1.807) is 31.2 Å². The average molecular weight is 554 g/mol. The van der Waals surface area contributed by atoms with Crippen LogP contribution in [0, 0.1) is 0 Å². The van der Waals surface area contributed by atoms with Gasteiger partial charge in [-0.15, -0.1) is 0 Å². The maximum atomic E-state index is 13.8. The Morgan fingerprint density at radius 1 is 1.08 bits per heavy atom. The van der Waals surface area contributed by atoms with Gasteiger partial charge in [0.05, 0.1) is 26.2 Å². The van der Waals surface area contributed by atoms with E-state index in [9.17, 15) is 18.0 Å². The van der Waals surface area contributed by atoms with E-state index in [0.717, 1.165) is 16.1 Å². The minimum absolute atomic E-state index is 0.0659. The Hall–Kier alpha value is -2.98. The maximum Gasteiger partial charge on any atom is 0.244 e. The minimum Gasteiger partial charge on any atom is -0.497 e. The van der Waals surface area contributed by atoms with Crippen LogP contribution in [0.25, 0.3) is 0 Å². The second-order valence-electron chi connectivity index (χ2n) is 9.62. The summed E-state index contributed by atoms with van der Waals surface area (Å²) in [6.07, 6.45) is 1.31. The zero-order valence-corrected chi connectivity index (χ0v) is 23.9. The van der Waals surface area contributed by atoms with Gasteiger partial charge >= 0.3 is 0 Å². The lowest BCUT2D eigenvalue weighted by molar-refractivity contribution is -0.141. The minimum atomic E-state index is -3.93. The van der Waals surface area contributed by atoms with Gasteiger partial charge in [0.15, 0.2) is 0 Å². The van der Waals surface area contributed by atoms with Gasteiger partial charge in [-0.25, -0.2) is 8.42 Å². The number of carbonyl (C=O) groups is 2. The number of anilines is 1. The molecule has 1 atom stereocenters. The molecule has 0 aromatic heterocycles. The summed E-state index contributed by atoms with van der Waals surface area (Å²) in [6.45, 7) is 6.86. The monoisotopic (exact) mass is 553 g/mol. The van der Waals surface area contributed by atoms with Crippen LogP contribution in [0.4, 0.5) is 5.69 Å². The van der Waals surface area contributed by atoms with Crippen molar-refractivity contribution in [2.24, 2.45) is 0 Å². The number of rotatable bonds is 11. The molecule has 204 valence electrons. The first-order valence-corrected chi connectivity index (χ1v) is 14.0. The number of nitrogens with zero attached hydrogens (tertiary/aromatic N) is 2. The second kappa shape index (κ2) is 12.5. The van der Waals surface area contributed by atoms with Crippen LogP contribution in [-0.4, -0.2) is 63.7 Å². The van der Waals surface area contributed by atoms with Crippen molar-refractivity contribution in [3.05, 3.63) is 53.1 Å². The van der Waals surface area contributed by atoms with E-state index in [2.05, 4.69) is 5.32 Å². The fourth-order valence-corrected chi connectivity index (χ4v) is 4.80. The van der Waals surface area contributed by atoms with Crippen molar-refractivity contribution in [1.29, 1.82) is 0 Å². The molecule has 9 nitrogen and oxygen atoms in total. The van der Waals surface area contributed by atoms with Crippen molar-refractivity contribution in [2.75, 3.05) is 31.3 Å². The van der Waals surface area contributed by atoms with Crippen LogP contribution >= 0.6 is 11.6 Å². The van der Waals surface area contributed by atoms with Crippen molar-refractivity contribution in [1.82, 2.24) is 10.2 Å². The highest BCUT2D eigenvalue weighted by atomic mass is 35.5. The van der Waals surface area contributed by atoms with Gasteiger partial charge in [0.1, 0.15) is 24.1 Å². The quantitative estimate of drug-likeness (QED) is 0.453. The molecule has 0 fully saturated rings. The first-order chi connectivity index (χ1) is 17.2. The van der Waals surface area contributed by atoms with Gasteiger partial charge in [0, 0.05) is 17.1 Å². The number of hydrogen-bond donors (Lipinski definition) is 1. The number of methoxy groups -OCH3 is 2. The van der Waals surface area contributed by atoms with Gasteiger partial charge in [0.2, 0.25) is 21.8 Å². The van der Waals surface area contributed by atoms with Crippen molar-refractivity contribution in [2.45, 2.75) is 52.2 Å². The van der Waals surface area contributed by atoms with Gasteiger partial charge in [-0.1, -0.05) is 30.7 Å². The number of carbonyl (C=O) groups excluding carboxylic acids is 2. The standard InChI is InChI=1S/C26H36ClN3O6S/c1-8-21(25(32)28-26(2,3)4)29(16-18-10-9-11-20(14-18)35-5)24(31)17-30(37(7,33)34)22-15-19(27)12-13-23(22)36-6/h9-15,21H,8,16-17H2,1-7H3,(H,28,32)/t21-/m0/s1. The molecule has 0 spiro atoms. The van der Waals surface area contributed by atoms with Crippen LogP contribution < -0.4 is 19.1 Å². The Kier molecular flexibility index (Phi) is 10.2. The third-order valence-electron chi connectivity index (χ3n) is 5.46. The van der Waals surface area contributed by atoms with Crippen molar-refractivity contribution >= 4 is 39.1 Å². The van der Waals surface area contributed by atoms with E-state index in [1.165, 1.54) is 31.3 Å². The van der Waals surface area contributed by atoms with E-state index >= 15 is 0 Å². The van der Waals surface area contributed by atoms with E-state index in [0.29, 0.717) is 12.2 Å². The fraction of sp³-hybridized carbons (Fsp3) is 0.462. The summed E-state index contributed by atoms with van der Waals surface area (Å²) < 4.78 is 37.2. The number of halogens is 1. The first kappa shape index (κ1) is 30.2. The number of ether oxygens (including phenoxy) is 2. The molecule has 0 bridgehead atoms. The molecule has 0 saturated carbocycles. The number of benzene rings is 2. The zero-order chi connectivity index (χ0) is 28.0. The van der Waals surface area contributed by atoms with E-state index < -0.39 is 34.1 Å². The molecule has 2 aromatic carbocycles. The molecule has 2 rings (SSSR count). The molecule has 0 aliphatic rings. The summed E-state index contributed by atoms with van der Waals surface area (Å²) in [6, 6.07) is 10.8. The van der Waals surface area contributed by atoms with Crippen LogP contribution in [0.1, 0.15) is 39.7 Å². The molecule has 0 unspecified atom stereocenters. The van der Waals surface area contributed by atoms with Gasteiger partial charge in [-0.2, -0.15) is 0 Å². The Morgan fingerprint density at radius 3 is 2.30 bits per heavy atom. The number of amides is 2. The Morgan fingerprint density at radius 2 is 1.76 bits per heavy atom. The fourth-order valence-electron chi connectivity index (χ4n) is 3.79. The molecule has 2 aromatic rings. The highest BCUT2D eigenvalue weighted by Gasteiger charge is 2.33. The molecule has 0 aliphatic carbocycles. The lowest BCUT2D eigenvalue weighted by Gasteiger charge is -2.34. The second-order valence-corrected chi connectivity index (χ2v) is 12.0. The van der Waals surface area contributed by atoms with Crippen LogP contribution in [0.15, 0.2) is 42.5 Å². The molecule has 0 heterocycles. The Labute approximate surface area is 224 Å². The topological polar surface area (TPSA) is 105 Å².